The molecule has 8 nitrogen and oxygen atoms in total. The number of thiophene rings is 1. The molecule has 3 aromatic rings. The molecule has 1 aliphatic heterocycles. The van der Waals surface area contributed by atoms with Gasteiger partial charge in [0.1, 0.15) is 6.07 Å². The van der Waals surface area contributed by atoms with E-state index in [4.69, 9.17) is 9.68 Å². The first-order valence-electron chi connectivity index (χ1n) is 8.80. The molecule has 1 saturated heterocycles. The van der Waals surface area contributed by atoms with Gasteiger partial charge in [0, 0.05) is 42.8 Å². The summed E-state index contributed by atoms with van der Waals surface area (Å²) in [5.41, 5.74) is 1.87. The molecule has 28 heavy (non-hydrogen) atoms. The van der Waals surface area contributed by atoms with Crippen molar-refractivity contribution in [2.45, 2.75) is 0 Å². The summed E-state index contributed by atoms with van der Waals surface area (Å²) in [6.45, 7) is 3.21. The van der Waals surface area contributed by atoms with E-state index in [1.807, 2.05) is 17.0 Å². The van der Waals surface area contributed by atoms with Gasteiger partial charge in [0.05, 0.1) is 10.4 Å². The fraction of sp³-hybridized carbons (Fsp3) is 0.263. The van der Waals surface area contributed by atoms with E-state index in [1.54, 1.807) is 23.6 Å². The third-order valence-corrected chi connectivity index (χ3v) is 5.43. The van der Waals surface area contributed by atoms with Crippen LogP contribution in [0.5, 0.6) is 0 Å². The lowest BCUT2D eigenvalue weighted by Crippen LogP contribution is -2.47. The van der Waals surface area contributed by atoms with Crippen LogP contribution in [0.4, 0.5) is 11.7 Å². The van der Waals surface area contributed by atoms with Crippen LogP contribution in [0.3, 0.4) is 0 Å². The maximum absolute atomic E-state index is 12.7. The molecule has 0 unspecified atom stereocenters. The van der Waals surface area contributed by atoms with Crippen molar-refractivity contribution in [1.82, 2.24) is 20.0 Å². The highest BCUT2D eigenvalue weighted by Crippen LogP contribution is 2.28. The number of aromatic nitrogens is 2. The zero-order valence-electron chi connectivity index (χ0n) is 15.3. The lowest BCUT2D eigenvalue weighted by atomic mass is 10.1. The molecular weight excluding hydrogens is 376 g/mol. The Bertz CT molecular complexity index is 1030. The predicted molar refractivity (Wildman–Crippen MR) is 105 cm³/mol. The van der Waals surface area contributed by atoms with E-state index >= 15 is 0 Å². The zero-order chi connectivity index (χ0) is 19.5. The molecule has 142 valence electrons. The number of amides is 1. The molecule has 0 bridgehead atoms. The minimum atomic E-state index is 0.0191. The second-order valence-corrected chi connectivity index (χ2v) is 7.44. The number of carbonyl (C=O) groups is 1. The van der Waals surface area contributed by atoms with E-state index in [-0.39, 0.29) is 11.9 Å². The lowest BCUT2D eigenvalue weighted by molar-refractivity contribution is 0.0664. The molecule has 1 fully saturated rings. The first kappa shape index (κ1) is 18.2. The van der Waals surface area contributed by atoms with Crippen LogP contribution in [0.2, 0.25) is 0 Å². The number of hydrogen-bond acceptors (Lipinski definition) is 8. The van der Waals surface area contributed by atoms with Gasteiger partial charge in [-0.2, -0.15) is 5.26 Å². The molecule has 0 radical (unpaired) electrons. The molecule has 1 aromatic carbocycles. The zero-order valence-corrected chi connectivity index (χ0v) is 16.1. The van der Waals surface area contributed by atoms with Gasteiger partial charge in [-0.15, -0.1) is 16.4 Å². The third-order valence-electron chi connectivity index (χ3n) is 4.52. The Hall–Kier alpha value is -3.22. The van der Waals surface area contributed by atoms with E-state index in [2.05, 4.69) is 33.5 Å². The van der Waals surface area contributed by atoms with Crippen LogP contribution in [0.15, 0.2) is 40.1 Å². The topological polar surface area (TPSA) is 98.3 Å². The quantitative estimate of drug-likeness (QED) is 0.726. The van der Waals surface area contributed by atoms with Gasteiger partial charge < -0.3 is 19.5 Å². The summed E-state index contributed by atoms with van der Waals surface area (Å²) in [7, 11) is 2.06. The van der Waals surface area contributed by atoms with Gasteiger partial charge in [0.15, 0.2) is 0 Å². The van der Waals surface area contributed by atoms with Crippen molar-refractivity contribution in [2.75, 3.05) is 38.5 Å². The molecule has 0 atom stereocenters. The van der Waals surface area contributed by atoms with E-state index in [0.29, 0.717) is 22.7 Å². The molecule has 3 heterocycles. The number of nitrogens with one attached hydrogen (secondary N) is 1. The SMILES string of the molecule is CN1CCN(C(=O)c2cccc(Nc3nnc(-c4cc(C#N)cs4)o3)c2)CC1. The highest BCUT2D eigenvalue weighted by Gasteiger charge is 2.20. The van der Waals surface area contributed by atoms with Crippen molar-refractivity contribution in [2.24, 2.45) is 0 Å². The van der Waals surface area contributed by atoms with Crippen molar-refractivity contribution in [3.05, 3.63) is 46.8 Å². The number of anilines is 2. The number of piperazine rings is 1. The van der Waals surface area contributed by atoms with E-state index in [0.717, 1.165) is 31.1 Å². The molecule has 1 aliphatic rings. The number of hydrogen-bond donors (Lipinski definition) is 1. The van der Waals surface area contributed by atoms with Crippen LogP contribution in [-0.4, -0.2) is 59.1 Å². The largest absolute Gasteiger partial charge is 0.402 e. The normalized spacial score (nSPS) is 14.6. The Morgan fingerprint density at radius 3 is 2.82 bits per heavy atom. The van der Waals surface area contributed by atoms with Crippen LogP contribution in [-0.2, 0) is 0 Å². The minimum absolute atomic E-state index is 0.0191. The lowest BCUT2D eigenvalue weighted by Gasteiger charge is -2.32. The first-order valence-corrected chi connectivity index (χ1v) is 9.68. The van der Waals surface area contributed by atoms with Crippen molar-refractivity contribution < 1.29 is 9.21 Å². The smallest absolute Gasteiger partial charge is 0.320 e. The molecule has 0 saturated carbocycles. The van der Waals surface area contributed by atoms with Gasteiger partial charge in [-0.3, -0.25) is 4.79 Å². The molecule has 1 N–H and O–H groups in total. The minimum Gasteiger partial charge on any atom is -0.402 e. The Morgan fingerprint density at radius 2 is 2.07 bits per heavy atom. The maximum Gasteiger partial charge on any atom is 0.320 e. The number of likely N-dealkylation sites (N-methyl/N-ethyl adjacent to an activating group) is 1. The van der Waals surface area contributed by atoms with E-state index in [9.17, 15) is 4.79 Å². The van der Waals surface area contributed by atoms with Gasteiger partial charge in [0.2, 0.25) is 0 Å². The maximum atomic E-state index is 12.7. The predicted octanol–water partition coefficient (Wildman–Crippen LogP) is 2.80. The number of rotatable bonds is 4. The summed E-state index contributed by atoms with van der Waals surface area (Å²) >= 11 is 1.37. The second kappa shape index (κ2) is 7.80. The molecule has 4 rings (SSSR count). The van der Waals surface area contributed by atoms with Gasteiger partial charge in [0.25, 0.3) is 11.8 Å². The second-order valence-electron chi connectivity index (χ2n) is 6.53. The molecule has 0 spiro atoms. The first-order chi connectivity index (χ1) is 13.6. The van der Waals surface area contributed by atoms with Crippen molar-refractivity contribution >= 4 is 28.9 Å². The van der Waals surface area contributed by atoms with Crippen LogP contribution in [0, 0.1) is 11.3 Å². The monoisotopic (exact) mass is 394 g/mol. The number of nitrogens with zero attached hydrogens (tertiary/aromatic N) is 5. The van der Waals surface area contributed by atoms with Crippen LogP contribution in [0.1, 0.15) is 15.9 Å². The summed E-state index contributed by atoms with van der Waals surface area (Å²) < 4.78 is 5.63. The highest BCUT2D eigenvalue weighted by atomic mass is 32.1. The number of carbonyl (C=O) groups excluding carboxylic acids is 1. The van der Waals surface area contributed by atoms with Crippen molar-refractivity contribution in [3.8, 4) is 16.8 Å². The van der Waals surface area contributed by atoms with E-state index < -0.39 is 0 Å². The fourth-order valence-corrected chi connectivity index (χ4v) is 3.68. The fourth-order valence-electron chi connectivity index (χ4n) is 2.93. The molecule has 9 heteroatoms. The number of benzene rings is 1. The molecule has 1 amide bonds. The average molecular weight is 394 g/mol. The Balaban J connectivity index is 1.46. The van der Waals surface area contributed by atoms with Crippen molar-refractivity contribution in [3.63, 3.8) is 0 Å². The summed E-state index contributed by atoms with van der Waals surface area (Å²) in [5.74, 6) is 0.365. The van der Waals surface area contributed by atoms with Gasteiger partial charge in [-0.05, 0) is 31.3 Å². The molecule has 0 aliphatic carbocycles. The van der Waals surface area contributed by atoms with Gasteiger partial charge in [-0.1, -0.05) is 11.2 Å². The van der Waals surface area contributed by atoms with Gasteiger partial charge >= 0.3 is 6.01 Å². The Labute approximate surface area is 166 Å². The highest BCUT2D eigenvalue weighted by molar-refractivity contribution is 7.13. The summed E-state index contributed by atoms with van der Waals surface area (Å²) in [4.78, 5) is 17.5. The Kier molecular flexibility index (Phi) is 5.06. The van der Waals surface area contributed by atoms with Gasteiger partial charge in [-0.25, -0.2) is 0 Å². The summed E-state index contributed by atoms with van der Waals surface area (Å²) in [6.07, 6.45) is 0. The van der Waals surface area contributed by atoms with Crippen LogP contribution >= 0.6 is 11.3 Å². The molecule has 2 aromatic heterocycles. The number of nitriles is 1. The average Bonchev–Trinajstić information content (AvgIpc) is 3.37. The molecular formula is C19H18N6O2S. The van der Waals surface area contributed by atoms with Crippen LogP contribution < -0.4 is 5.32 Å². The summed E-state index contributed by atoms with van der Waals surface area (Å²) in [5, 5.41) is 21.7. The summed E-state index contributed by atoms with van der Waals surface area (Å²) in [6, 6.07) is 11.3. The third kappa shape index (κ3) is 3.88. The Morgan fingerprint density at radius 1 is 1.25 bits per heavy atom. The van der Waals surface area contributed by atoms with Crippen molar-refractivity contribution in [1.29, 1.82) is 5.26 Å². The standard InChI is InChI=1S/C19H18N6O2S/c1-24-5-7-25(8-6-24)18(26)14-3-2-4-15(10-14)21-19-23-22-17(27-19)16-9-13(11-20)12-28-16/h2-4,9-10,12H,5-8H2,1H3,(H,21,23). The van der Waals surface area contributed by atoms with Crippen LogP contribution in [0.25, 0.3) is 10.8 Å². The van der Waals surface area contributed by atoms with E-state index in [1.165, 1.54) is 11.3 Å².